The van der Waals surface area contributed by atoms with E-state index in [0.717, 1.165) is 71.6 Å². The lowest BCUT2D eigenvalue weighted by atomic mass is 10.0. The highest BCUT2D eigenvalue weighted by atomic mass is 16.3. The quantitative estimate of drug-likeness (QED) is 0.225. The maximum absolute atomic E-state index is 6.51. The van der Waals surface area contributed by atoms with Crippen molar-refractivity contribution in [3.05, 3.63) is 140 Å². The molecule has 0 unspecified atom stereocenters. The molecule has 6 aromatic carbocycles. The minimum Gasteiger partial charge on any atom is -0.455 e. The summed E-state index contributed by atoms with van der Waals surface area (Å²) in [4.78, 5) is 10.3. The van der Waals surface area contributed by atoms with Gasteiger partial charge < -0.3 is 4.42 Å². The zero-order valence-corrected chi connectivity index (χ0v) is 22.5. The van der Waals surface area contributed by atoms with Crippen molar-refractivity contribution >= 4 is 54.6 Å². The van der Waals surface area contributed by atoms with Gasteiger partial charge in [-0.25, -0.2) is 9.97 Å². The third-order valence-corrected chi connectivity index (χ3v) is 8.23. The first-order valence-corrected chi connectivity index (χ1v) is 14.1. The van der Waals surface area contributed by atoms with Gasteiger partial charge in [-0.3, -0.25) is 4.57 Å². The molecular weight excluding hydrogens is 514 g/mol. The topological polar surface area (TPSA) is 43.9 Å². The van der Waals surface area contributed by atoms with Crippen LogP contribution in [0.2, 0.25) is 0 Å². The van der Waals surface area contributed by atoms with Crippen LogP contribution >= 0.6 is 0 Å². The second-order valence-electron chi connectivity index (χ2n) is 10.6. The van der Waals surface area contributed by atoms with E-state index >= 15 is 0 Å². The summed E-state index contributed by atoms with van der Waals surface area (Å²) in [5, 5.41) is 5.46. The number of rotatable bonds is 3. The van der Waals surface area contributed by atoms with Gasteiger partial charge in [0.25, 0.3) is 0 Å². The molecule has 0 atom stereocenters. The van der Waals surface area contributed by atoms with E-state index in [-0.39, 0.29) is 0 Å². The number of hydrogen-bond acceptors (Lipinski definition) is 3. The van der Waals surface area contributed by atoms with Gasteiger partial charge in [-0.05, 0) is 47.5 Å². The van der Waals surface area contributed by atoms with Crippen molar-refractivity contribution in [2.75, 3.05) is 0 Å². The second kappa shape index (κ2) is 8.88. The third kappa shape index (κ3) is 3.36. The predicted molar refractivity (Wildman–Crippen MR) is 172 cm³/mol. The van der Waals surface area contributed by atoms with E-state index in [4.69, 9.17) is 14.4 Å². The average molecular weight is 538 g/mol. The number of fused-ring (bicyclic) bond motifs is 8. The van der Waals surface area contributed by atoms with Crippen molar-refractivity contribution in [1.29, 1.82) is 0 Å². The maximum Gasteiger partial charge on any atom is 0.162 e. The fourth-order valence-electron chi connectivity index (χ4n) is 6.26. The van der Waals surface area contributed by atoms with E-state index in [1.165, 1.54) is 5.56 Å². The van der Waals surface area contributed by atoms with Gasteiger partial charge in [0.15, 0.2) is 5.82 Å². The highest BCUT2D eigenvalue weighted by molar-refractivity contribution is 6.24. The summed E-state index contributed by atoms with van der Waals surface area (Å²) >= 11 is 0. The molecule has 0 aliphatic heterocycles. The number of nitrogens with zero attached hydrogens (tertiary/aromatic N) is 3. The van der Waals surface area contributed by atoms with Crippen LogP contribution in [0.4, 0.5) is 0 Å². The van der Waals surface area contributed by atoms with Gasteiger partial charge in [0.1, 0.15) is 17.0 Å². The number of benzene rings is 6. The van der Waals surface area contributed by atoms with Gasteiger partial charge in [-0.2, -0.15) is 0 Å². The number of aromatic nitrogens is 3. The molecule has 0 aliphatic carbocycles. The Balaban J connectivity index is 1.33. The molecule has 9 rings (SSSR count). The van der Waals surface area contributed by atoms with Gasteiger partial charge in [-0.1, -0.05) is 103 Å². The molecule has 196 valence electrons. The van der Waals surface area contributed by atoms with Crippen molar-refractivity contribution in [3.8, 4) is 28.3 Å². The standard InChI is InChI=1S/C38H23N3O/c1-2-10-24(11-3-1)25-18-20-26(21-19-25)37-39-31-15-7-4-13-29(31)38(40-37)41-32-16-8-5-14-30(32)35-33(41)23-22-28-27-12-6-9-17-34(27)42-36(28)35/h1-23H. The highest BCUT2D eigenvalue weighted by Crippen LogP contribution is 2.41. The SMILES string of the molecule is c1ccc(-c2ccc(-c3nc(-n4c5ccccc5c5c6oc7ccccc7c6ccc54)c4ccccc4n3)cc2)cc1. The fourth-order valence-corrected chi connectivity index (χ4v) is 6.26. The lowest BCUT2D eigenvalue weighted by Gasteiger charge is -2.13. The summed E-state index contributed by atoms with van der Waals surface area (Å²) in [6.07, 6.45) is 0. The van der Waals surface area contributed by atoms with E-state index in [1.807, 2.05) is 24.3 Å². The first-order chi connectivity index (χ1) is 20.8. The Morgan fingerprint density at radius 2 is 1.12 bits per heavy atom. The van der Waals surface area contributed by atoms with Crippen LogP contribution in [0, 0.1) is 0 Å². The molecule has 42 heavy (non-hydrogen) atoms. The van der Waals surface area contributed by atoms with Gasteiger partial charge in [-0.15, -0.1) is 0 Å². The zero-order chi connectivity index (χ0) is 27.6. The largest absolute Gasteiger partial charge is 0.455 e. The monoisotopic (exact) mass is 537 g/mol. The molecule has 9 aromatic rings. The second-order valence-corrected chi connectivity index (χ2v) is 10.6. The predicted octanol–water partition coefficient (Wildman–Crippen LogP) is 9.96. The smallest absolute Gasteiger partial charge is 0.162 e. The van der Waals surface area contributed by atoms with Crippen LogP contribution in [0.3, 0.4) is 0 Å². The molecule has 0 fully saturated rings. The summed E-state index contributed by atoms with van der Waals surface area (Å²) in [5.74, 6) is 1.54. The molecule has 4 heteroatoms. The van der Waals surface area contributed by atoms with Crippen molar-refractivity contribution in [1.82, 2.24) is 14.5 Å². The molecule has 0 radical (unpaired) electrons. The highest BCUT2D eigenvalue weighted by Gasteiger charge is 2.21. The Labute approximate surface area is 241 Å². The van der Waals surface area contributed by atoms with Crippen molar-refractivity contribution in [2.24, 2.45) is 0 Å². The van der Waals surface area contributed by atoms with E-state index in [2.05, 4.69) is 120 Å². The number of furan rings is 1. The van der Waals surface area contributed by atoms with Crippen LogP contribution in [-0.2, 0) is 0 Å². The molecule has 0 spiro atoms. The molecule has 0 N–H and O–H groups in total. The van der Waals surface area contributed by atoms with E-state index in [9.17, 15) is 0 Å². The summed E-state index contributed by atoms with van der Waals surface area (Å²) < 4.78 is 8.77. The Kier molecular flexibility index (Phi) is 4.87. The van der Waals surface area contributed by atoms with E-state index in [1.54, 1.807) is 0 Å². The molecule has 0 aliphatic rings. The molecule has 0 bridgehead atoms. The van der Waals surface area contributed by atoms with Crippen LogP contribution < -0.4 is 0 Å². The van der Waals surface area contributed by atoms with E-state index in [0.29, 0.717) is 5.82 Å². The van der Waals surface area contributed by atoms with Crippen molar-refractivity contribution in [3.63, 3.8) is 0 Å². The fraction of sp³-hybridized carbons (Fsp3) is 0. The van der Waals surface area contributed by atoms with Gasteiger partial charge in [0.05, 0.1) is 21.9 Å². The third-order valence-electron chi connectivity index (χ3n) is 8.23. The molecule has 4 nitrogen and oxygen atoms in total. The average Bonchev–Trinajstić information content (AvgIpc) is 3.60. The Hall–Kier alpha value is -5.74. The lowest BCUT2D eigenvalue weighted by molar-refractivity contribution is 0.673. The summed E-state index contributed by atoms with van der Waals surface area (Å²) in [5.41, 5.74) is 8.16. The molecule has 0 amide bonds. The molecule has 3 aromatic heterocycles. The van der Waals surface area contributed by atoms with Crippen LogP contribution in [0.5, 0.6) is 0 Å². The van der Waals surface area contributed by atoms with E-state index < -0.39 is 0 Å². The summed E-state index contributed by atoms with van der Waals surface area (Å²) in [6.45, 7) is 0. The van der Waals surface area contributed by atoms with Crippen LogP contribution in [-0.4, -0.2) is 14.5 Å². The minimum atomic E-state index is 0.694. The van der Waals surface area contributed by atoms with Gasteiger partial charge in [0, 0.05) is 27.1 Å². The van der Waals surface area contributed by atoms with Crippen LogP contribution in [0.1, 0.15) is 0 Å². The Morgan fingerprint density at radius 3 is 1.98 bits per heavy atom. The van der Waals surface area contributed by atoms with Gasteiger partial charge >= 0.3 is 0 Å². The normalized spacial score (nSPS) is 11.8. The number of para-hydroxylation sites is 3. The molecular formula is C38H23N3O. The van der Waals surface area contributed by atoms with Gasteiger partial charge in [0.2, 0.25) is 0 Å². The summed E-state index contributed by atoms with van der Waals surface area (Å²) in [6, 6.07) is 48.3. The Morgan fingerprint density at radius 1 is 0.452 bits per heavy atom. The first-order valence-electron chi connectivity index (χ1n) is 14.1. The summed E-state index contributed by atoms with van der Waals surface area (Å²) in [7, 11) is 0. The number of hydrogen-bond donors (Lipinski definition) is 0. The Bertz CT molecular complexity index is 2450. The molecule has 0 saturated carbocycles. The zero-order valence-electron chi connectivity index (χ0n) is 22.5. The van der Waals surface area contributed by atoms with Crippen molar-refractivity contribution < 1.29 is 4.42 Å². The first kappa shape index (κ1) is 23.0. The molecule has 3 heterocycles. The molecule has 0 saturated heterocycles. The maximum atomic E-state index is 6.51. The minimum absolute atomic E-state index is 0.694. The van der Waals surface area contributed by atoms with Crippen LogP contribution in [0.15, 0.2) is 144 Å². The lowest BCUT2D eigenvalue weighted by Crippen LogP contribution is -2.02. The van der Waals surface area contributed by atoms with Crippen molar-refractivity contribution in [2.45, 2.75) is 0 Å². The van der Waals surface area contributed by atoms with Crippen LogP contribution in [0.25, 0.3) is 83.0 Å².